The second-order valence-corrected chi connectivity index (χ2v) is 5.33. The van der Waals surface area contributed by atoms with Gasteiger partial charge in [-0.1, -0.05) is 12.5 Å². The Hall–Kier alpha value is -1.95. The summed E-state index contributed by atoms with van der Waals surface area (Å²) in [5.74, 6) is -1.68. The Balaban J connectivity index is 1.73. The first-order valence-corrected chi connectivity index (χ1v) is 7.05. The Morgan fingerprint density at radius 1 is 1.33 bits per heavy atom. The first kappa shape index (κ1) is 15.4. The van der Waals surface area contributed by atoms with Crippen LogP contribution in [0, 0.1) is 17.7 Å². The number of amides is 1. The number of hydrogen-bond acceptors (Lipinski definition) is 3. The van der Waals surface area contributed by atoms with Gasteiger partial charge in [-0.3, -0.25) is 9.59 Å². The monoisotopic (exact) mass is 294 g/mol. The summed E-state index contributed by atoms with van der Waals surface area (Å²) >= 11 is 0. The molecular formula is C15H19FN2O3. The highest BCUT2D eigenvalue weighted by atomic mass is 19.1. The summed E-state index contributed by atoms with van der Waals surface area (Å²) in [4.78, 5) is 22.7. The average molecular weight is 294 g/mol. The van der Waals surface area contributed by atoms with E-state index in [9.17, 15) is 14.0 Å². The number of carbonyl (C=O) groups is 2. The molecule has 3 N–H and O–H groups in total. The van der Waals surface area contributed by atoms with Crippen LogP contribution in [0.3, 0.4) is 0 Å². The SMILES string of the molecule is O=C(CNCC1CCCC1C(=O)O)Nc1cccc(F)c1. The third-order valence-corrected chi connectivity index (χ3v) is 3.78. The first-order valence-electron chi connectivity index (χ1n) is 7.05. The number of benzene rings is 1. The highest BCUT2D eigenvalue weighted by Gasteiger charge is 2.32. The summed E-state index contributed by atoms with van der Waals surface area (Å²) in [6.45, 7) is 0.590. The van der Waals surface area contributed by atoms with E-state index in [1.165, 1.54) is 18.2 Å². The standard InChI is InChI=1S/C15H19FN2O3/c16-11-4-2-5-12(7-11)18-14(19)9-17-8-10-3-1-6-13(10)15(20)21/h2,4-5,7,10,13,17H,1,3,6,8-9H2,(H,18,19)(H,20,21). The molecule has 0 aliphatic heterocycles. The second-order valence-electron chi connectivity index (χ2n) is 5.33. The van der Waals surface area contributed by atoms with Gasteiger partial charge in [-0.25, -0.2) is 4.39 Å². The van der Waals surface area contributed by atoms with Crippen molar-refractivity contribution in [1.29, 1.82) is 0 Å². The molecule has 0 bridgehead atoms. The minimum atomic E-state index is -0.761. The van der Waals surface area contributed by atoms with Gasteiger partial charge in [0.15, 0.2) is 0 Å². The van der Waals surface area contributed by atoms with Crippen LogP contribution in [0.4, 0.5) is 10.1 Å². The Kier molecular flexibility index (Phi) is 5.27. The maximum Gasteiger partial charge on any atom is 0.306 e. The number of carboxylic acid groups (broad SMARTS) is 1. The van der Waals surface area contributed by atoms with Gasteiger partial charge in [0, 0.05) is 5.69 Å². The molecule has 0 aromatic heterocycles. The zero-order valence-corrected chi connectivity index (χ0v) is 11.6. The molecule has 5 nitrogen and oxygen atoms in total. The molecule has 0 spiro atoms. The van der Waals surface area contributed by atoms with Crippen molar-refractivity contribution in [2.75, 3.05) is 18.4 Å². The third kappa shape index (κ3) is 4.53. The Bertz CT molecular complexity index is 521. The number of carbonyl (C=O) groups excluding carboxylic acids is 1. The molecule has 1 saturated carbocycles. The molecule has 21 heavy (non-hydrogen) atoms. The predicted molar refractivity (Wildman–Crippen MR) is 76.4 cm³/mol. The maximum absolute atomic E-state index is 13.0. The van der Waals surface area contributed by atoms with E-state index in [4.69, 9.17) is 5.11 Å². The van der Waals surface area contributed by atoms with Crippen LogP contribution in [0.1, 0.15) is 19.3 Å². The van der Waals surface area contributed by atoms with E-state index in [0.717, 1.165) is 12.8 Å². The lowest BCUT2D eigenvalue weighted by Gasteiger charge is -2.16. The molecule has 2 atom stereocenters. The van der Waals surface area contributed by atoms with Gasteiger partial charge >= 0.3 is 5.97 Å². The number of rotatable bonds is 6. The fourth-order valence-corrected chi connectivity index (χ4v) is 2.75. The minimum Gasteiger partial charge on any atom is -0.481 e. The third-order valence-electron chi connectivity index (χ3n) is 3.78. The normalized spacial score (nSPS) is 21.2. The number of carboxylic acids is 1. The Labute approximate surface area is 122 Å². The van der Waals surface area contributed by atoms with Crippen molar-refractivity contribution in [3.8, 4) is 0 Å². The summed E-state index contributed by atoms with van der Waals surface area (Å²) in [5.41, 5.74) is 0.408. The van der Waals surface area contributed by atoms with E-state index >= 15 is 0 Å². The van der Waals surface area contributed by atoms with Gasteiger partial charge in [-0.05, 0) is 43.5 Å². The molecule has 1 aromatic rings. The van der Waals surface area contributed by atoms with Crippen LogP contribution in [-0.4, -0.2) is 30.1 Å². The summed E-state index contributed by atoms with van der Waals surface area (Å²) in [6, 6.07) is 5.68. The van der Waals surface area contributed by atoms with E-state index < -0.39 is 11.8 Å². The molecule has 1 fully saturated rings. The van der Waals surface area contributed by atoms with Crippen LogP contribution >= 0.6 is 0 Å². The van der Waals surface area contributed by atoms with E-state index in [1.54, 1.807) is 6.07 Å². The molecule has 2 rings (SSSR count). The van der Waals surface area contributed by atoms with Crippen molar-refractivity contribution < 1.29 is 19.1 Å². The van der Waals surface area contributed by atoms with Crippen LogP contribution < -0.4 is 10.6 Å². The van der Waals surface area contributed by atoms with Gasteiger partial charge in [0.25, 0.3) is 0 Å². The molecule has 0 radical (unpaired) electrons. The van der Waals surface area contributed by atoms with E-state index in [-0.39, 0.29) is 24.3 Å². The lowest BCUT2D eigenvalue weighted by Crippen LogP contribution is -2.34. The van der Waals surface area contributed by atoms with E-state index in [0.29, 0.717) is 18.7 Å². The molecule has 1 aliphatic rings. The van der Waals surface area contributed by atoms with Crippen molar-refractivity contribution >= 4 is 17.6 Å². The molecule has 0 saturated heterocycles. The molecule has 1 amide bonds. The van der Waals surface area contributed by atoms with Gasteiger partial charge in [-0.2, -0.15) is 0 Å². The summed E-state index contributed by atoms with van der Waals surface area (Å²) in [7, 11) is 0. The predicted octanol–water partition coefficient (Wildman–Crippen LogP) is 1.85. The van der Waals surface area contributed by atoms with E-state index in [2.05, 4.69) is 10.6 Å². The lowest BCUT2D eigenvalue weighted by molar-refractivity contribution is -0.142. The van der Waals surface area contributed by atoms with Gasteiger partial charge in [-0.15, -0.1) is 0 Å². The zero-order valence-electron chi connectivity index (χ0n) is 11.6. The largest absolute Gasteiger partial charge is 0.481 e. The Morgan fingerprint density at radius 3 is 2.86 bits per heavy atom. The highest BCUT2D eigenvalue weighted by Crippen LogP contribution is 2.31. The molecule has 114 valence electrons. The quantitative estimate of drug-likeness (QED) is 0.748. The number of nitrogens with one attached hydrogen (secondary N) is 2. The average Bonchev–Trinajstić information content (AvgIpc) is 2.87. The summed E-state index contributed by atoms with van der Waals surface area (Å²) in [6.07, 6.45) is 2.49. The number of aliphatic carboxylic acids is 1. The minimum absolute atomic E-state index is 0.0736. The van der Waals surface area contributed by atoms with Crippen molar-refractivity contribution in [3.05, 3.63) is 30.1 Å². The van der Waals surface area contributed by atoms with Gasteiger partial charge in [0.1, 0.15) is 5.82 Å². The van der Waals surface area contributed by atoms with Crippen molar-refractivity contribution in [2.45, 2.75) is 19.3 Å². The van der Waals surface area contributed by atoms with Crippen molar-refractivity contribution in [2.24, 2.45) is 11.8 Å². The molecular weight excluding hydrogens is 275 g/mol. The lowest BCUT2D eigenvalue weighted by atomic mass is 9.96. The second kappa shape index (κ2) is 7.17. The van der Waals surface area contributed by atoms with Gasteiger partial charge in [0.05, 0.1) is 12.5 Å². The fourth-order valence-electron chi connectivity index (χ4n) is 2.75. The fraction of sp³-hybridized carbons (Fsp3) is 0.467. The summed E-state index contributed by atoms with van der Waals surface area (Å²) in [5, 5.41) is 14.6. The molecule has 2 unspecified atom stereocenters. The zero-order chi connectivity index (χ0) is 15.2. The van der Waals surface area contributed by atoms with Crippen LogP contribution in [0.2, 0.25) is 0 Å². The summed E-state index contributed by atoms with van der Waals surface area (Å²) < 4.78 is 13.0. The van der Waals surface area contributed by atoms with Crippen molar-refractivity contribution in [3.63, 3.8) is 0 Å². The van der Waals surface area contributed by atoms with Crippen LogP contribution in [-0.2, 0) is 9.59 Å². The smallest absolute Gasteiger partial charge is 0.306 e. The van der Waals surface area contributed by atoms with Crippen LogP contribution in [0.15, 0.2) is 24.3 Å². The molecule has 0 heterocycles. The maximum atomic E-state index is 13.0. The molecule has 6 heteroatoms. The number of anilines is 1. The number of hydrogen-bond donors (Lipinski definition) is 3. The van der Waals surface area contributed by atoms with Gasteiger partial charge < -0.3 is 15.7 Å². The van der Waals surface area contributed by atoms with Crippen molar-refractivity contribution in [1.82, 2.24) is 5.32 Å². The first-order chi connectivity index (χ1) is 10.1. The number of halogens is 1. The topological polar surface area (TPSA) is 78.4 Å². The molecule has 1 aromatic carbocycles. The van der Waals surface area contributed by atoms with Crippen LogP contribution in [0.5, 0.6) is 0 Å². The Morgan fingerprint density at radius 2 is 2.14 bits per heavy atom. The van der Waals surface area contributed by atoms with E-state index in [1.807, 2.05) is 0 Å². The highest BCUT2D eigenvalue weighted by molar-refractivity contribution is 5.92. The van der Waals surface area contributed by atoms with Gasteiger partial charge in [0.2, 0.25) is 5.91 Å². The molecule has 1 aliphatic carbocycles. The van der Waals surface area contributed by atoms with Crippen LogP contribution in [0.25, 0.3) is 0 Å².